The lowest BCUT2D eigenvalue weighted by Crippen LogP contribution is -2.52. The van der Waals surface area contributed by atoms with Crippen LogP contribution in [0.3, 0.4) is 0 Å². The fourth-order valence-electron chi connectivity index (χ4n) is 4.85. The molecule has 3 aliphatic rings. The van der Waals surface area contributed by atoms with Crippen LogP contribution in [0.1, 0.15) is 32.3 Å². The van der Waals surface area contributed by atoms with Crippen LogP contribution >= 0.6 is 0 Å². The number of fused-ring (bicyclic) bond motifs is 2. The van der Waals surface area contributed by atoms with Crippen LogP contribution in [-0.4, -0.2) is 18.5 Å². The zero-order chi connectivity index (χ0) is 17.1. The Bertz CT molecular complexity index is 816. The summed E-state index contributed by atoms with van der Waals surface area (Å²) in [4.78, 5) is 12.2. The van der Waals surface area contributed by atoms with Crippen LogP contribution in [0.15, 0.2) is 48.6 Å². The van der Waals surface area contributed by atoms with Gasteiger partial charge < -0.3 is 9.47 Å². The molecule has 0 bridgehead atoms. The van der Waals surface area contributed by atoms with Gasteiger partial charge in [0.25, 0.3) is 0 Å². The Labute approximate surface area is 142 Å². The Morgan fingerprint density at radius 2 is 2.21 bits per heavy atom. The maximum absolute atomic E-state index is 12.2. The van der Waals surface area contributed by atoms with Crippen molar-refractivity contribution in [1.82, 2.24) is 0 Å². The number of methoxy groups -OCH3 is 1. The van der Waals surface area contributed by atoms with E-state index >= 15 is 0 Å². The molecule has 0 radical (unpaired) electrons. The molecule has 3 nitrogen and oxygen atoms in total. The number of rotatable bonds is 2. The largest absolute Gasteiger partial charge is 0.497 e. The molecule has 3 heteroatoms. The van der Waals surface area contributed by atoms with Crippen molar-refractivity contribution in [2.75, 3.05) is 7.11 Å². The van der Waals surface area contributed by atoms with Gasteiger partial charge in [-0.25, -0.2) is 0 Å². The minimum Gasteiger partial charge on any atom is -0.497 e. The van der Waals surface area contributed by atoms with Crippen molar-refractivity contribution < 1.29 is 14.3 Å². The third kappa shape index (κ3) is 1.75. The third-order valence-corrected chi connectivity index (χ3v) is 5.98. The van der Waals surface area contributed by atoms with E-state index < -0.39 is 0 Å². The molecule has 0 amide bonds. The van der Waals surface area contributed by atoms with Crippen molar-refractivity contribution in [3.8, 4) is 11.5 Å². The third-order valence-electron chi connectivity index (χ3n) is 5.98. The van der Waals surface area contributed by atoms with Gasteiger partial charge in [-0.1, -0.05) is 18.2 Å². The second kappa shape index (κ2) is 4.85. The summed E-state index contributed by atoms with van der Waals surface area (Å²) in [6.07, 6.45) is 7.48. The number of benzene rings is 1. The molecule has 0 saturated heterocycles. The summed E-state index contributed by atoms with van der Waals surface area (Å²) in [5, 5.41) is 0. The van der Waals surface area contributed by atoms with Gasteiger partial charge in [-0.05, 0) is 68.5 Å². The fourth-order valence-corrected chi connectivity index (χ4v) is 4.85. The Morgan fingerprint density at radius 1 is 1.42 bits per heavy atom. The molecule has 1 aliphatic heterocycles. The molecule has 4 rings (SSSR count). The van der Waals surface area contributed by atoms with E-state index in [1.54, 1.807) is 19.3 Å². The summed E-state index contributed by atoms with van der Waals surface area (Å²) >= 11 is 0. The first-order valence-corrected chi connectivity index (χ1v) is 8.39. The predicted molar refractivity (Wildman–Crippen MR) is 94.1 cm³/mol. The molecular weight excluding hydrogens is 300 g/mol. The number of carbonyl (C=O) groups is 1. The van der Waals surface area contributed by atoms with E-state index in [-0.39, 0.29) is 22.7 Å². The number of hydrogen-bond donors (Lipinski definition) is 0. The van der Waals surface area contributed by atoms with E-state index in [1.807, 2.05) is 18.2 Å². The number of ketones is 1. The van der Waals surface area contributed by atoms with Gasteiger partial charge in [-0.2, -0.15) is 0 Å². The number of allylic oxidation sites excluding steroid dienone is 3. The molecule has 1 aromatic carbocycles. The van der Waals surface area contributed by atoms with Gasteiger partial charge in [0.1, 0.15) is 17.1 Å². The lowest BCUT2D eigenvalue weighted by molar-refractivity contribution is -0.110. The fraction of sp³-hybridized carbons (Fsp3) is 0.381. The minimum absolute atomic E-state index is 0.0287. The smallest absolute Gasteiger partial charge is 0.178 e. The van der Waals surface area contributed by atoms with Gasteiger partial charge >= 0.3 is 0 Å². The Kier molecular flexibility index (Phi) is 3.08. The Hall–Kier alpha value is -2.29. The summed E-state index contributed by atoms with van der Waals surface area (Å²) < 4.78 is 11.9. The summed E-state index contributed by atoms with van der Waals surface area (Å²) in [5.74, 6) is 1.88. The predicted octanol–water partition coefficient (Wildman–Crippen LogP) is 4.34. The first kappa shape index (κ1) is 15.3. The molecule has 3 atom stereocenters. The van der Waals surface area contributed by atoms with Gasteiger partial charge in [0, 0.05) is 5.56 Å². The average Bonchev–Trinajstić information content (AvgIpc) is 2.85. The van der Waals surface area contributed by atoms with Crippen LogP contribution < -0.4 is 9.47 Å². The molecule has 1 saturated carbocycles. The topological polar surface area (TPSA) is 35.5 Å². The molecule has 1 fully saturated rings. The molecule has 0 N–H and O–H groups in total. The van der Waals surface area contributed by atoms with Gasteiger partial charge in [0.15, 0.2) is 5.78 Å². The minimum atomic E-state index is -0.374. The normalized spacial score (nSPS) is 33.0. The van der Waals surface area contributed by atoms with Crippen molar-refractivity contribution in [3.63, 3.8) is 0 Å². The highest BCUT2D eigenvalue weighted by molar-refractivity contribution is 6.08. The monoisotopic (exact) mass is 322 g/mol. The van der Waals surface area contributed by atoms with Gasteiger partial charge in [0.2, 0.25) is 0 Å². The molecule has 2 aliphatic carbocycles. The molecular formula is C21H22O3. The van der Waals surface area contributed by atoms with Crippen LogP contribution in [0.2, 0.25) is 0 Å². The second-order valence-electron chi connectivity index (χ2n) is 7.30. The van der Waals surface area contributed by atoms with Crippen molar-refractivity contribution >= 4 is 11.4 Å². The second-order valence-corrected chi connectivity index (χ2v) is 7.30. The Morgan fingerprint density at radius 3 is 2.92 bits per heavy atom. The standard InChI is InChI=1S/C21H22O3/c1-13(2)17-8-9-20(3)21(17)10-7-14(22)11-18(21)16-12-15(23-4)5-6-19(16)24-20/h5-7,10-12,17H,1,8-9H2,2-4H3/t17-,20-,21-/m1/s1. The molecule has 1 spiro atoms. The SMILES string of the molecule is C=C(C)[C@H]1CC[C@@]2(C)Oc3ccc(OC)cc3C3=CC(=O)C=C[C@]312. The van der Waals surface area contributed by atoms with Gasteiger partial charge in [0.05, 0.1) is 12.5 Å². The molecule has 0 aromatic heterocycles. The van der Waals surface area contributed by atoms with E-state index in [0.29, 0.717) is 0 Å². The lowest BCUT2D eigenvalue weighted by Gasteiger charge is -2.51. The Balaban J connectivity index is 2.02. The van der Waals surface area contributed by atoms with Crippen molar-refractivity contribution in [2.24, 2.45) is 11.3 Å². The van der Waals surface area contributed by atoms with Gasteiger partial charge in [-0.15, -0.1) is 0 Å². The zero-order valence-corrected chi connectivity index (χ0v) is 14.4. The van der Waals surface area contributed by atoms with Crippen LogP contribution in [0.5, 0.6) is 11.5 Å². The van der Waals surface area contributed by atoms with E-state index in [0.717, 1.165) is 41.1 Å². The van der Waals surface area contributed by atoms with E-state index in [2.05, 4.69) is 26.5 Å². The maximum atomic E-state index is 12.2. The number of ether oxygens (including phenoxy) is 2. The molecule has 1 aromatic rings. The average molecular weight is 322 g/mol. The van der Waals surface area contributed by atoms with Crippen LogP contribution in [0.4, 0.5) is 0 Å². The zero-order valence-electron chi connectivity index (χ0n) is 14.4. The summed E-state index contributed by atoms with van der Waals surface area (Å²) in [6, 6.07) is 5.82. The molecule has 0 unspecified atom stereocenters. The molecule has 1 heterocycles. The highest BCUT2D eigenvalue weighted by Gasteiger charge is 2.63. The maximum Gasteiger partial charge on any atom is 0.178 e. The van der Waals surface area contributed by atoms with E-state index in [9.17, 15) is 4.79 Å². The van der Waals surface area contributed by atoms with E-state index in [4.69, 9.17) is 9.47 Å². The van der Waals surface area contributed by atoms with Crippen molar-refractivity contribution in [1.29, 1.82) is 0 Å². The lowest BCUT2D eigenvalue weighted by atomic mass is 9.58. The van der Waals surface area contributed by atoms with Crippen LogP contribution in [0.25, 0.3) is 5.57 Å². The van der Waals surface area contributed by atoms with Crippen LogP contribution in [-0.2, 0) is 4.79 Å². The van der Waals surface area contributed by atoms with Crippen molar-refractivity contribution in [2.45, 2.75) is 32.3 Å². The highest BCUT2D eigenvalue weighted by atomic mass is 16.5. The first-order valence-electron chi connectivity index (χ1n) is 8.39. The number of hydrogen-bond acceptors (Lipinski definition) is 3. The first-order chi connectivity index (χ1) is 11.4. The number of carbonyl (C=O) groups excluding carboxylic acids is 1. The molecule has 124 valence electrons. The van der Waals surface area contributed by atoms with E-state index in [1.165, 1.54) is 0 Å². The quantitative estimate of drug-likeness (QED) is 0.760. The van der Waals surface area contributed by atoms with Gasteiger partial charge in [-0.3, -0.25) is 4.79 Å². The highest BCUT2D eigenvalue weighted by Crippen LogP contribution is 2.66. The summed E-state index contributed by atoms with van der Waals surface area (Å²) in [6.45, 7) is 8.47. The molecule has 24 heavy (non-hydrogen) atoms. The van der Waals surface area contributed by atoms with Crippen molar-refractivity contribution in [3.05, 3.63) is 54.1 Å². The van der Waals surface area contributed by atoms with Crippen LogP contribution in [0, 0.1) is 11.3 Å². The summed E-state index contributed by atoms with van der Waals surface area (Å²) in [5.41, 5.74) is 2.42. The summed E-state index contributed by atoms with van der Waals surface area (Å²) in [7, 11) is 1.65.